The predicted octanol–water partition coefficient (Wildman–Crippen LogP) is 0.395. The van der Waals surface area contributed by atoms with Gasteiger partial charge in [0.2, 0.25) is 10.0 Å². The van der Waals surface area contributed by atoms with Crippen LogP contribution in [0.2, 0.25) is 0 Å². The second-order valence-corrected chi connectivity index (χ2v) is 7.21. The second kappa shape index (κ2) is 4.88. The molecule has 0 aromatic carbocycles. The van der Waals surface area contributed by atoms with E-state index in [0.29, 0.717) is 29.4 Å². The fourth-order valence-electron chi connectivity index (χ4n) is 2.86. The number of hydrogen-bond donors (Lipinski definition) is 1. The minimum Gasteiger partial charge on any atom is -0.330 e. The molecule has 6 nitrogen and oxygen atoms in total. The summed E-state index contributed by atoms with van der Waals surface area (Å²) in [7, 11) is -1.72. The molecule has 0 bridgehead atoms. The summed E-state index contributed by atoms with van der Waals surface area (Å²) in [6.07, 6.45) is 0.827. The Hall–Kier alpha value is -0.920. The summed E-state index contributed by atoms with van der Waals surface area (Å²) in [5.74, 6) is 0.252. The van der Waals surface area contributed by atoms with Gasteiger partial charge in [-0.3, -0.25) is 4.68 Å². The molecule has 19 heavy (non-hydrogen) atoms. The molecule has 2 unspecified atom stereocenters. The molecular weight excluding hydrogens is 264 g/mol. The lowest BCUT2D eigenvalue weighted by Gasteiger charge is -2.21. The summed E-state index contributed by atoms with van der Waals surface area (Å²) in [5, 5.41) is 4.20. The van der Waals surface area contributed by atoms with Crippen LogP contribution in [0.3, 0.4) is 0 Å². The highest BCUT2D eigenvalue weighted by Crippen LogP contribution is 2.31. The van der Waals surface area contributed by atoms with Crippen molar-refractivity contribution >= 4 is 10.0 Å². The van der Waals surface area contributed by atoms with Crippen LogP contribution in [0.1, 0.15) is 24.7 Å². The van der Waals surface area contributed by atoms with Gasteiger partial charge < -0.3 is 5.73 Å². The highest BCUT2D eigenvalue weighted by Gasteiger charge is 2.39. The minimum atomic E-state index is -3.48. The Morgan fingerprint density at radius 1 is 1.42 bits per heavy atom. The Balaban J connectivity index is 2.43. The smallest absolute Gasteiger partial charge is 0.246 e. The van der Waals surface area contributed by atoms with E-state index in [2.05, 4.69) is 5.10 Å². The number of nitrogens with zero attached hydrogens (tertiary/aromatic N) is 3. The monoisotopic (exact) mass is 286 g/mol. The van der Waals surface area contributed by atoms with E-state index in [4.69, 9.17) is 5.73 Å². The van der Waals surface area contributed by atoms with Crippen LogP contribution in [0, 0.1) is 19.8 Å². The van der Waals surface area contributed by atoms with Crippen LogP contribution in [0.15, 0.2) is 4.90 Å². The van der Waals surface area contributed by atoms with Gasteiger partial charge in [0.1, 0.15) is 4.90 Å². The fraction of sp³-hybridized carbons (Fsp3) is 0.750. The first kappa shape index (κ1) is 14.5. The Morgan fingerprint density at radius 3 is 2.47 bits per heavy atom. The van der Waals surface area contributed by atoms with Crippen LogP contribution < -0.4 is 5.73 Å². The van der Waals surface area contributed by atoms with Crippen molar-refractivity contribution in [2.45, 2.75) is 38.1 Å². The number of aromatic nitrogens is 2. The molecule has 2 rings (SSSR count). The van der Waals surface area contributed by atoms with Crippen LogP contribution in [-0.2, 0) is 17.1 Å². The summed E-state index contributed by atoms with van der Waals surface area (Å²) < 4.78 is 28.8. The van der Waals surface area contributed by atoms with Crippen molar-refractivity contribution in [3.05, 3.63) is 11.4 Å². The summed E-state index contributed by atoms with van der Waals surface area (Å²) in [6.45, 7) is 6.50. The van der Waals surface area contributed by atoms with Crippen molar-refractivity contribution in [3.63, 3.8) is 0 Å². The SMILES string of the molecule is Cc1nn(C)c(C)c1S(=O)(=O)N1CC(CN)CC1C. The van der Waals surface area contributed by atoms with Gasteiger partial charge in [0.15, 0.2) is 0 Å². The van der Waals surface area contributed by atoms with Crippen molar-refractivity contribution in [2.75, 3.05) is 13.1 Å². The first-order chi connectivity index (χ1) is 8.78. The third-order valence-electron chi connectivity index (χ3n) is 3.95. The first-order valence-corrected chi connectivity index (χ1v) is 7.95. The van der Waals surface area contributed by atoms with Gasteiger partial charge in [-0.2, -0.15) is 9.40 Å². The number of nitrogens with two attached hydrogens (primary N) is 1. The molecule has 0 amide bonds. The Kier molecular flexibility index (Phi) is 3.72. The number of hydrogen-bond acceptors (Lipinski definition) is 4. The predicted molar refractivity (Wildman–Crippen MR) is 73.2 cm³/mol. The molecule has 1 aliphatic rings. The molecule has 0 radical (unpaired) electrons. The van der Waals surface area contributed by atoms with E-state index in [-0.39, 0.29) is 12.0 Å². The summed E-state index contributed by atoms with van der Waals surface area (Å²) >= 11 is 0. The Morgan fingerprint density at radius 2 is 2.05 bits per heavy atom. The van der Waals surface area contributed by atoms with Gasteiger partial charge >= 0.3 is 0 Å². The van der Waals surface area contributed by atoms with Crippen molar-refractivity contribution in [3.8, 4) is 0 Å². The maximum atomic E-state index is 12.8. The zero-order valence-electron chi connectivity index (χ0n) is 11.9. The van der Waals surface area contributed by atoms with Crippen LogP contribution in [0.5, 0.6) is 0 Å². The zero-order valence-corrected chi connectivity index (χ0v) is 12.7. The first-order valence-electron chi connectivity index (χ1n) is 6.51. The molecule has 1 saturated heterocycles. The molecule has 2 N–H and O–H groups in total. The normalized spacial score (nSPS) is 25.1. The molecule has 2 atom stereocenters. The van der Waals surface area contributed by atoms with Gasteiger partial charge in [0.05, 0.1) is 11.4 Å². The molecule has 0 saturated carbocycles. The van der Waals surface area contributed by atoms with E-state index < -0.39 is 10.0 Å². The average molecular weight is 286 g/mol. The lowest BCUT2D eigenvalue weighted by Crippen LogP contribution is -2.35. The standard InChI is InChI=1S/C12H22N4O2S/c1-8-5-11(6-13)7-16(8)19(17,18)12-9(2)14-15(4)10(12)3/h8,11H,5-7,13H2,1-4H3. The highest BCUT2D eigenvalue weighted by molar-refractivity contribution is 7.89. The average Bonchev–Trinajstić information content (AvgIpc) is 2.81. The lowest BCUT2D eigenvalue weighted by molar-refractivity contribution is 0.404. The quantitative estimate of drug-likeness (QED) is 0.872. The number of aryl methyl sites for hydroxylation is 2. The number of sulfonamides is 1. The van der Waals surface area contributed by atoms with Gasteiger partial charge in [-0.1, -0.05) is 0 Å². The van der Waals surface area contributed by atoms with Crippen LogP contribution in [-0.4, -0.2) is 41.6 Å². The molecule has 108 valence electrons. The molecule has 1 fully saturated rings. The maximum absolute atomic E-state index is 12.8. The second-order valence-electron chi connectivity index (χ2n) is 5.38. The van der Waals surface area contributed by atoms with Gasteiger partial charge in [-0.25, -0.2) is 8.42 Å². The summed E-state index contributed by atoms with van der Waals surface area (Å²) in [6, 6.07) is -0.00226. The maximum Gasteiger partial charge on any atom is 0.246 e. The fourth-order valence-corrected chi connectivity index (χ4v) is 4.98. The third-order valence-corrected chi connectivity index (χ3v) is 6.18. The van der Waals surface area contributed by atoms with E-state index >= 15 is 0 Å². The van der Waals surface area contributed by atoms with Crippen LogP contribution in [0.25, 0.3) is 0 Å². The minimum absolute atomic E-state index is 0.00226. The molecule has 1 aliphatic heterocycles. The summed E-state index contributed by atoms with van der Waals surface area (Å²) in [4.78, 5) is 0.347. The van der Waals surface area contributed by atoms with E-state index in [9.17, 15) is 8.42 Å². The molecule has 0 spiro atoms. The van der Waals surface area contributed by atoms with Crippen LogP contribution >= 0.6 is 0 Å². The van der Waals surface area contributed by atoms with E-state index in [1.807, 2.05) is 6.92 Å². The topological polar surface area (TPSA) is 81.2 Å². The van der Waals surface area contributed by atoms with E-state index in [1.165, 1.54) is 0 Å². The van der Waals surface area contributed by atoms with Gasteiger partial charge in [-0.15, -0.1) is 0 Å². The third kappa shape index (κ3) is 2.30. The van der Waals surface area contributed by atoms with Gasteiger partial charge in [-0.05, 0) is 39.7 Å². The molecule has 1 aromatic heterocycles. The molecule has 2 heterocycles. The Labute approximate surface area is 114 Å². The zero-order chi connectivity index (χ0) is 14.4. The Bertz CT molecular complexity index is 579. The van der Waals surface area contributed by atoms with Gasteiger partial charge in [0, 0.05) is 19.6 Å². The van der Waals surface area contributed by atoms with Crippen LogP contribution in [0.4, 0.5) is 0 Å². The van der Waals surface area contributed by atoms with Crippen molar-refractivity contribution in [1.29, 1.82) is 0 Å². The van der Waals surface area contributed by atoms with E-state index in [1.54, 1.807) is 29.9 Å². The largest absolute Gasteiger partial charge is 0.330 e. The van der Waals surface area contributed by atoms with Gasteiger partial charge in [0.25, 0.3) is 0 Å². The molecule has 1 aromatic rings. The molecule has 0 aliphatic carbocycles. The molecule has 7 heteroatoms. The van der Waals surface area contributed by atoms with Crippen molar-refractivity contribution in [2.24, 2.45) is 18.7 Å². The van der Waals surface area contributed by atoms with Crippen molar-refractivity contribution in [1.82, 2.24) is 14.1 Å². The molecular formula is C12H22N4O2S. The van der Waals surface area contributed by atoms with Crippen molar-refractivity contribution < 1.29 is 8.42 Å². The number of rotatable bonds is 3. The van der Waals surface area contributed by atoms with E-state index in [0.717, 1.165) is 6.42 Å². The highest BCUT2D eigenvalue weighted by atomic mass is 32.2. The summed E-state index contributed by atoms with van der Waals surface area (Å²) in [5.41, 5.74) is 6.91. The lowest BCUT2D eigenvalue weighted by atomic mass is 10.1.